The Balaban J connectivity index is 0.662. The molecule has 4 heterocycles. The number of carbonyl (C=O) groups excluding carboxylic acids is 4. The van der Waals surface area contributed by atoms with Gasteiger partial charge in [-0.1, -0.05) is 76.1 Å². The van der Waals surface area contributed by atoms with Gasteiger partial charge in [0.1, 0.15) is 29.9 Å². The fraction of sp³-hybridized carbons (Fsp3) is 0.492. The summed E-state index contributed by atoms with van der Waals surface area (Å²) in [6.45, 7) is 14.9. The monoisotopic (exact) mass is 1130 g/mol. The lowest BCUT2D eigenvalue weighted by atomic mass is 9.85. The molecule has 1 fully saturated rings. The first-order chi connectivity index (χ1) is 39.2. The molecule has 20 heteroatoms. The Kier molecular flexibility index (Phi) is 24.1. The maximum Gasteiger partial charge on any atom is 0.251 e. The summed E-state index contributed by atoms with van der Waals surface area (Å²) in [5, 5.41) is 21.1. The summed E-state index contributed by atoms with van der Waals surface area (Å²) in [5.74, 6) is 1.40. The number of anilines is 1. The van der Waals surface area contributed by atoms with Crippen molar-refractivity contribution in [1.82, 2.24) is 50.6 Å². The van der Waals surface area contributed by atoms with Crippen molar-refractivity contribution in [3.8, 4) is 27.7 Å². The predicted octanol–water partition coefficient (Wildman–Crippen LogP) is 9.19. The second-order valence-electron chi connectivity index (χ2n) is 21.4. The van der Waals surface area contributed by atoms with Crippen LogP contribution in [-0.2, 0) is 48.7 Å². The summed E-state index contributed by atoms with van der Waals surface area (Å²) in [6.07, 6.45) is 11.0. The molecule has 0 spiro atoms. The fourth-order valence-electron chi connectivity index (χ4n) is 9.42. The van der Waals surface area contributed by atoms with Gasteiger partial charge in [0.05, 0.1) is 61.7 Å². The van der Waals surface area contributed by atoms with Crippen molar-refractivity contribution in [1.29, 1.82) is 0 Å². The first-order valence-electron chi connectivity index (χ1n) is 28.4. The van der Waals surface area contributed by atoms with E-state index in [0.717, 1.165) is 89.5 Å². The van der Waals surface area contributed by atoms with E-state index in [-0.39, 0.29) is 29.7 Å². The number of carbonyl (C=O) groups is 4. The maximum atomic E-state index is 14.0. The topological polar surface area (TPSA) is 226 Å². The number of nitrogens with zero attached hydrogens (tertiary/aromatic N) is 7. The molecule has 3 aromatic carbocycles. The predicted molar refractivity (Wildman–Crippen MR) is 313 cm³/mol. The molecule has 1 aliphatic heterocycles. The standard InChI is InChI=1S/C61H81N11O8S/c1-43(67-58(74)48-18-14-19-49(37-48)63-40-53-69-70-57(71(53)6)51-27-28-62-41-65-51)47-17-15-20-50(38-47)80-32-13-8-7-11-30-77-33-35-79-36-34-78-31-12-9-10-22-54(73)68-56(61(3,4)5)60(76)72-29-16-21-52(72)59(75)64-39-45-23-25-46(26-24-45)55-44(2)66-42-81-55/h14-15,17-20,23-28,37-38,41-43,52,56,63H,7-13,16,21-22,29-36,39-40H2,1-6H3,(H,64,75)(H,67,74)(H,68,73)/t43-,52+,56-/m1/s1. The maximum absolute atomic E-state index is 14.0. The van der Waals surface area contributed by atoms with Crippen molar-refractivity contribution in [2.75, 3.05) is 58.1 Å². The van der Waals surface area contributed by atoms with Gasteiger partial charge in [-0.25, -0.2) is 15.0 Å². The summed E-state index contributed by atoms with van der Waals surface area (Å²) in [7, 11) is 1.89. The highest BCUT2D eigenvalue weighted by Crippen LogP contribution is 2.29. The normalized spacial score (nSPS) is 14.1. The van der Waals surface area contributed by atoms with Gasteiger partial charge in [-0.15, -0.1) is 21.5 Å². The zero-order valence-corrected chi connectivity index (χ0v) is 48.7. The van der Waals surface area contributed by atoms with Crippen LogP contribution in [0.3, 0.4) is 0 Å². The lowest BCUT2D eigenvalue weighted by molar-refractivity contribution is -0.143. The van der Waals surface area contributed by atoms with Gasteiger partial charge in [0.25, 0.3) is 5.91 Å². The molecule has 3 aromatic heterocycles. The zero-order chi connectivity index (χ0) is 57.4. The minimum atomic E-state index is -0.748. The highest BCUT2D eigenvalue weighted by Gasteiger charge is 2.41. The Morgan fingerprint density at radius 3 is 2.20 bits per heavy atom. The van der Waals surface area contributed by atoms with Crippen LogP contribution in [0, 0.1) is 12.3 Å². The third-order valence-corrected chi connectivity index (χ3v) is 15.1. The number of hydrogen-bond acceptors (Lipinski definition) is 15. The molecule has 0 unspecified atom stereocenters. The molecule has 4 N–H and O–H groups in total. The molecule has 6 aromatic rings. The molecule has 81 heavy (non-hydrogen) atoms. The smallest absolute Gasteiger partial charge is 0.251 e. The van der Waals surface area contributed by atoms with Crippen LogP contribution in [0.2, 0.25) is 0 Å². The van der Waals surface area contributed by atoms with Gasteiger partial charge < -0.3 is 49.7 Å². The molecule has 7 rings (SSSR count). The summed E-state index contributed by atoms with van der Waals surface area (Å²) >= 11 is 1.60. The van der Waals surface area contributed by atoms with E-state index in [0.29, 0.717) is 102 Å². The second kappa shape index (κ2) is 31.8. The van der Waals surface area contributed by atoms with Crippen LogP contribution in [-0.4, -0.2) is 123 Å². The number of thiazole rings is 1. The number of aryl methyl sites for hydroxylation is 1. The average molecular weight is 1130 g/mol. The van der Waals surface area contributed by atoms with Gasteiger partial charge >= 0.3 is 0 Å². The molecule has 0 bridgehead atoms. The van der Waals surface area contributed by atoms with Crippen LogP contribution in [0.15, 0.2) is 96.9 Å². The zero-order valence-electron chi connectivity index (χ0n) is 47.9. The first-order valence-corrected chi connectivity index (χ1v) is 29.3. The molecule has 0 saturated carbocycles. The van der Waals surface area contributed by atoms with E-state index in [9.17, 15) is 19.2 Å². The number of ether oxygens (including phenoxy) is 4. The number of aromatic nitrogens is 6. The Hall–Kier alpha value is -7.13. The number of unbranched alkanes of at least 4 members (excludes halogenated alkanes) is 5. The van der Waals surface area contributed by atoms with Crippen LogP contribution < -0.4 is 26.0 Å². The van der Waals surface area contributed by atoms with Crippen LogP contribution >= 0.6 is 11.3 Å². The molecule has 434 valence electrons. The van der Waals surface area contributed by atoms with Crippen LogP contribution in [0.1, 0.15) is 131 Å². The van der Waals surface area contributed by atoms with Crippen molar-refractivity contribution < 1.29 is 38.1 Å². The van der Waals surface area contributed by atoms with Crippen molar-refractivity contribution >= 4 is 40.7 Å². The Labute approximate surface area is 480 Å². The number of likely N-dealkylation sites (tertiary alicyclic amines) is 1. The summed E-state index contributed by atoms with van der Waals surface area (Å²) < 4.78 is 25.1. The second-order valence-corrected chi connectivity index (χ2v) is 22.3. The Bertz CT molecular complexity index is 2910. The van der Waals surface area contributed by atoms with Gasteiger partial charge in [0, 0.05) is 57.2 Å². The van der Waals surface area contributed by atoms with E-state index >= 15 is 0 Å². The number of hydrogen-bond donors (Lipinski definition) is 4. The van der Waals surface area contributed by atoms with Gasteiger partial charge in [-0.3, -0.25) is 19.2 Å². The summed E-state index contributed by atoms with van der Waals surface area (Å²) in [5.41, 5.74) is 7.33. The van der Waals surface area contributed by atoms with E-state index in [1.807, 2.05) is 118 Å². The molecule has 0 aliphatic carbocycles. The van der Waals surface area contributed by atoms with E-state index in [1.54, 1.807) is 34.6 Å². The van der Waals surface area contributed by atoms with Crippen molar-refractivity contribution in [2.45, 2.75) is 130 Å². The minimum absolute atomic E-state index is 0.168. The SMILES string of the molecule is Cc1ncsc1-c1ccc(CNC(=O)[C@@H]2CCCN2C(=O)[C@@H](NC(=O)CCCCCOCCOCCOCCCCCCOc2cccc([C@@H](C)NC(=O)c3cccc(NCc4nnc(-c5ccncn5)n4C)c3)c2)C(C)(C)C)cc1. The number of rotatable bonds is 33. The lowest BCUT2D eigenvalue weighted by Crippen LogP contribution is -2.57. The van der Waals surface area contributed by atoms with Gasteiger partial charge in [0.2, 0.25) is 17.7 Å². The first kappa shape index (κ1) is 61.5. The third kappa shape index (κ3) is 19.3. The van der Waals surface area contributed by atoms with Crippen molar-refractivity contribution in [3.05, 3.63) is 125 Å². The number of benzene rings is 3. The molecular formula is C61H81N11O8S. The quantitative estimate of drug-likeness (QED) is 0.0282. The van der Waals surface area contributed by atoms with Crippen molar-refractivity contribution in [2.24, 2.45) is 12.5 Å². The third-order valence-electron chi connectivity index (χ3n) is 14.1. The van der Waals surface area contributed by atoms with E-state index in [1.165, 1.54) is 6.33 Å². The largest absolute Gasteiger partial charge is 0.494 e. The highest BCUT2D eigenvalue weighted by atomic mass is 32.1. The summed E-state index contributed by atoms with van der Waals surface area (Å²) in [4.78, 5) is 69.1. The average Bonchev–Trinajstić information content (AvgIpc) is 4.39. The number of nitrogens with one attached hydrogen (secondary N) is 4. The van der Waals surface area contributed by atoms with Gasteiger partial charge in [0.15, 0.2) is 11.6 Å². The van der Waals surface area contributed by atoms with Crippen LogP contribution in [0.5, 0.6) is 5.75 Å². The Morgan fingerprint density at radius 2 is 1.49 bits per heavy atom. The fourth-order valence-corrected chi connectivity index (χ4v) is 10.2. The highest BCUT2D eigenvalue weighted by molar-refractivity contribution is 7.13. The molecule has 1 saturated heterocycles. The molecule has 19 nitrogen and oxygen atoms in total. The van der Waals surface area contributed by atoms with Crippen LogP contribution in [0.25, 0.3) is 22.0 Å². The summed E-state index contributed by atoms with van der Waals surface area (Å²) in [6, 6.07) is 23.5. The molecule has 4 amide bonds. The van der Waals surface area contributed by atoms with E-state index in [2.05, 4.69) is 46.4 Å². The van der Waals surface area contributed by atoms with E-state index < -0.39 is 17.5 Å². The molecular weight excluding hydrogens is 1050 g/mol. The van der Waals surface area contributed by atoms with E-state index in [4.69, 9.17) is 18.9 Å². The van der Waals surface area contributed by atoms with Crippen LogP contribution in [0.4, 0.5) is 5.69 Å². The molecule has 0 radical (unpaired) electrons. The lowest BCUT2D eigenvalue weighted by Gasteiger charge is -2.35. The minimum Gasteiger partial charge on any atom is -0.494 e. The Morgan fingerprint density at radius 1 is 0.778 bits per heavy atom. The van der Waals surface area contributed by atoms with Gasteiger partial charge in [-0.2, -0.15) is 0 Å². The number of amides is 4. The molecule has 1 aliphatic rings. The molecule has 3 atom stereocenters. The van der Waals surface area contributed by atoms with Crippen molar-refractivity contribution in [3.63, 3.8) is 0 Å². The van der Waals surface area contributed by atoms with Gasteiger partial charge in [-0.05, 0) is 117 Å².